The maximum Gasteiger partial charge on any atom is 0.145 e. The Balaban J connectivity index is 1.94. The molecule has 0 spiro atoms. The van der Waals surface area contributed by atoms with E-state index in [1.165, 1.54) is 29.7 Å². The van der Waals surface area contributed by atoms with E-state index in [-0.39, 0.29) is 0 Å². The lowest BCUT2D eigenvalue weighted by Crippen LogP contribution is -2.34. The molecule has 2 aromatic heterocycles. The Bertz CT molecular complexity index is 667. The summed E-state index contributed by atoms with van der Waals surface area (Å²) < 4.78 is 0. The summed E-state index contributed by atoms with van der Waals surface area (Å²) in [5, 5.41) is 1.64. The first-order valence-corrected chi connectivity index (χ1v) is 8.88. The Labute approximate surface area is 135 Å². The van der Waals surface area contributed by atoms with E-state index < -0.39 is 0 Å². The highest BCUT2D eigenvalue weighted by molar-refractivity contribution is 7.18. The van der Waals surface area contributed by atoms with E-state index in [1.807, 2.05) is 0 Å². The second-order valence-corrected chi connectivity index (χ2v) is 7.62. The van der Waals surface area contributed by atoms with Crippen LogP contribution in [0, 0.1) is 13.8 Å². The summed E-state index contributed by atoms with van der Waals surface area (Å²) in [6, 6.07) is 1.27. The van der Waals surface area contributed by atoms with Crippen LogP contribution in [0.3, 0.4) is 0 Å². The van der Waals surface area contributed by atoms with Crippen LogP contribution in [0.1, 0.15) is 49.4 Å². The van der Waals surface area contributed by atoms with Gasteiger partial charge in [-0.2, -0.15) is 0 Å². The second kappa shape index (κ2) is 5.82. The molecule has 3 rings (SSSR count). The molecule has 0 bridgehead atoms. The number of nitrogens with zero attached hydrogens (tertiary/aromatic N) is 3. The monoisotopic (exact) mass is 323 g/mol. The summed E-state index contributed by atoms with van der Waals surface area (Å²) in [6.45, 7) is 9.59. The molecular weight excluding hydrogens is 302 g/mol. The standard InChI is InChI=1S/C16H22ClN3S/c1-5-12-7-6-9(2)20(12)8-13-18-15(17)14-10(3)11(4)21-16(14)19-13/h9,12H,5-8H2,1-4H3. The zero-order chi connectivity index (χ0) is 15.1. The van der Waals surface area contributed by atoms with Crippen molar-refractivity contribution < 1.29 is 0 Å². The normalized spacial score (nSPS) is 23.3. The van der Waals surface area contributed by atoms with Crippen LogP contribution in [0.2, 0.25) is 5.15 Å². The number of halogens is 1. The first-order valence-electron chi connectivity index (χ1n) is 7.69. The summed E-state index contributed by atoms with van der Waals surface area (Å²) in [7, 11) is 0. The fourth-order valence-corrected chi connectivity index (χ4v) is 4.76. The van der Waals surface area contributed by atoms with Gasteiger partial charge >= 0.3 is 0 Å². The van der Waals surface area contributed by atoms with Gasteiger partial charge in [0.1, 0.15) is 15.8 Å². The molecule has 114 valence electrons. The van der Waals surface area contributed by atoms with Crippen molar-refractivity contribution in [2.45, 2.75) is 65.6 Å². The third-order valence-corrected chi connectivity index (χ3v) is 6.15. The SMILES string of the molecule is CCC1CCC(C)N1Cc1nc(Cl)c2c(C)c(C)sc2n1. The molecule has 0 amide bonds. The zero-order valence-electron chi connectivity index (χ0n) is 13.1. The van der Waals surface area contributed by atoms with Gasteiger partial charge in [-0.1, -0.05) is 18.5 Å². The van der Waals surface area contributed by atoms with Crippen LogP contribution in [0.25, 0.3) is 10.2 Å². The van der Waals surface area contributed by atoms with Gasteiger partial charge in [-0.05, 0) is 45.6 Å². The largest absolute Gasteiger partial charge is 0.290 e. The first kappa shape index (κ1) is 15.2. The van der Waals surface area contributed by atoms with Crippen LogP contribution < -0.4 is 0 Å². The molecule has 1 aliphatic rings. The Morgan fingerprint density at radius 1 is 1.29 bits per heavy atom. The Morgan fingerprint density at radius 3 is 2.76 bits per heavy atom. The summed E-state index contributed by atoms with van der Waals surface area (Å²) in [4.78, 5) is 14.2. The fourth-order valence-electron chi connectivity index (χ4n) is 3.32. The lowest BCUT2D eigenvalue weighted by atomic mass is 10.1. The molecule has 21 heavy (non-hydrogen) atoms. The van der Waals surface area contributed by atoms with Gasteiger partial charge in [-0.15, -0.1) is 11.3 Å². The van der Waals surface area contributed by atoms with Gasteiger partial charge in [-0.3, -0.25) is 4.90 Å². The third-order valence-electron chi connectivity index (χ3n) is 4.78. The highest BCUT2D eigenvalue weighted by atomic mass is 35.5. The predicted octanol–water partition coefficient (Wildman–Crippen LogP) is 4.72. The molecular formula is C16H22ClN3S. The van der Waals surface area contributed by atoms with Crippen molar-refractivity contribution in [1.82, 2.24) is 14.9 Å². The Morgan fingerprint density at radius 2 is 2.05 bits per heavy atom. The van der Waals surface area contributed by atoms with Crippen LogP contribution in [-0.4, -0.2) is 27.0 Å². The number of likely N-dealkylation sites (tertiary alicyclic amines) is 1. The molecule has 3 nitrogen and oxygen atoms in total. The maximum atomic E-state index is 6.41. The maximum absolute atomic E-state index is 6.41. The fraction of sp³-hybridized carbons (Fsp3) is 0.625. The number of rotatable bonds is 3. The summed E-state index contributed by atoms with van der Waals surface area (Å²) in [5.41, 5.74) is 1.22. The minimum absolute atomic E-state index is 0.608. The quantitative estimate of drug-likeness (QED) is 0.765. The number of aryl methyl sites for hydroxylation is 2. The molecule has 0 aromatic carbocycles. The van der Waals surface area contributed by atoms with Crippen LogP contribution in [0.5, 0.6) is 0 Å². The molecule has 1 saturated heterocycles. The van der Waals surface area contributed by atoms with Crippen molar-refractivity contribution in [1.29, 1.82) is 0 Å². The summed E-state index contributed by atoms with van der Waals surface area (Å²) in [5.74, 6) is 0.862. The topological polar surface area (TPSA) is 29.0 Å². The summed E-state index contributed by atoms with van der Waals surface area (Å²) in [6.07, 6.45) is 3.74. The van der Waals surface area contributed by atoms with E-state index >= 15 is 0 Å². The summed E-state index contributed by atoms with van der Waals surface area (Å²) >= 11 is 8.13. The number of aromatic nitrogens is 2. The zero-order valence-corrected chi connectivity index (χ0v) is 14.7. The molecule has 2 aromatic rings. The lowest BCUT2D eigenvalue weighted by molar-refractivity contribution is 0.185. The number of hydrogen-bond donors (Lipinski definition) is 0. The molecule has 1 fully saturated rings. The number of hydrogen-bond acceptors (Lipinski definition) is 4. The van der Waals surface area contributed by atoms with Crippen molar-refractivity contribution in [3.8, 4) is 0 Å². The Kier molecular flexibility index (Phi) is 4.21. The molecule has 0 aliphatic carbocycles. The molecule has 2 unspecified atom stereocenters. The highest BCUT2D eigenvalue weighted by Gasteiger charge is 2.30. The van der Waals surface area contributed by atoms with Gasteiger partial charge in [0.05, 0.1) is 11.9 Å². The number of fused-ring (bicyclic) bond motifs is 1. The smallest absolute Gasteiger partial charge is 0.145 e. The molecule has 5 heteroatoms. The second-order valence-electron chi connectivity index (χ2n) is 6.05. The highest BCUT2D eigenvalue weighted by Crippen LogP contribution is 2.34. The van der Waals surface area contributed by atoms with E-state index in [9.17, 15) is 0 Å². The minimum atomic E-state index is 0.608. The third kappa shape index (κ3) is 2.69. The van der Waals surface area contributed by atoms with E-state index in [0.717, 1.165) is 22.6 Å². The lowest BCUT2D eigenvalue weighted by Gasteiger charge is -2.26. The molecule has 2 atom stereocenters. The van der Waals surface area contributed by atoms with E-state index in [1.54, 1.807) is 11.3 Å². The van der Waals surface area contributed by atoms with E-state index in [4.69, 9.17) is 16.6 Å². The molecule has 3 heterocycles. The van der Waals surface area contributed by atoms with Crippen molar-refractivity contribution in [2.24, 2.45) is 0 Å². The average Bonchev–Trinajstić information content (AvgIpc) is 2.92. The molecule has 1 aliphatic heterocycles. The molecule has 0 saturated carbocycles. The van der Waals surface area contributed by atoms with E-state index in [0.29, 0.717) is 17.2 Å². The van der Waals surface area contributed by atoms with Crippen molar-refractivity contribution >= 4 is 33.2 Å². The van der Waals surface area contributed by atoms with Gasteiger partial charge < -0.3 is 0 Å². The molecule has 0 N–H and O–H groups in total. The van der Waals surface area contributed by atoms with Gasteiger partial charge in [0.15, 0.2) is 0 Å². The van der Waals surface area contributed by atoms with Gasteiger partial charge in [0.2, 0.25) is 0 Å². The van der Waals surface area contributed by atoms with Gasteiger partial charge in [0.25, 0.3) is 0 Å². The minimum Gasteiger partial charge on any atom is -0.290 e. The van der Waals surface area contributed by atoms with Crippen molar-refractivity contribution in [3.05, 3.63) is 21.4 Å². The van der Waals surface area contributed by atoms with Crippen LogP contribution >= 0.6 is 22.9 Å². The predicted molar refractivity (Wildman–Crippen MR) is 90.2 cm³/mol. The van der Waals surface area contributed by atoms with Crippen LogP contribution in [0.4, 0.5) is 0 Å². The molecule has 0 radical (unpaired) electrons. The van der Waals surface area contributed by atoms with Crippen molar-refractivity contribution in [2.75, 3.05) is 0 Å². The Hall–Kier alpha value is -0.710. The van der Waals surface area contributed by atoms with Crippen LogP contribution in [0.15, 0.2) is 0 Å². The van der Waals surface area contributed by atoms with Gasteiger partial charge in [-0.25, -0.2) is 9.97 Å². The number of thiophene rings is 1. The van der Waals surface area contributed by atoms with Gasteiger partial charge in [0, 0.05) is 17.0 Å². The van der Waals surface area contributed by atoms with Crippen LogP contribution in [-0.2, 0) is 6.54 Å². The van der Waals surface area contributed by atoms with E-state index in [2.05, 4.69) is 37.6 Å². The van der Waals surface area contributed by atoms with Crippen molar-refractivity contribution in [3.63, 3.8) is 0 Å². The first-order chi connectivity index (χ1) is 10.0. The average molecular weight is 324 g/mol.